The van der Waals surface area contributed by atoms with Crippen LogP contribution in [0, 0.1) is 13.8 Å². The number of carbonyl (C=O) groups excluding carboxylic acids is 2. The number of nitrogens with zero attached hydrogens (tertiary/aromatic N) is 2. The SMILES string of the molecule is CC(=O)O[C@@H](C(=O)n1nc(C)cc1C)c1ccccc1. The molecule has 0 amide bonds. The molecule has 0 aliphatic heterocycles. The molecule has 0 N–H and O–H groups in total. The zero-order chi connectivity index (χ0) is 14.7. The summed E-state index contributed by atoms with van der Waals surface area (Å²) in [6, 6.07) is 10.7. The zero-order valence-corrected chi connectivity index (χ0v) is 11.7. The third kappa shape index (κ3) is 2.93. The van der Waals surface area contributed by atoms with E-state index < -0.39 is 12.1 Å². The summed E-state index contributed by atoms with van der Waals surface area (Å²) in [6.07, 6.45) is -0.980. The van der Waals surface area contributed by atoms with Crippen LogP contribution in [-0.2, 0) is 9.53 Å². The van der Waals surface area contributed by atoms with Crippen LogP contribution >= 0.6 is 0 Å². The Hall–Kier alpha value is -2.43. The first-order valence-electron chi connectivity index (χ1n) is 6.28. The fourth-order valence-electron chi connectivity index (χ4n) is 2.02. The summed E-state index contributed by atoms with van der Waals surface area (Å²) in [5.41, 5.74) is 2.08. The zero-order valence-electron chi connectivity index (χ0n) is 11.7. The van der Waals surface area contributed by atoms with Crippen LogP contribution in [0.5, 0.6) is 0 Å². The third-order valence-corrected chi connectivity index (χ3v) is 2.83. The first kappa shape index (κ1) is 14.0. The van der Waals surface area contributed by atoms with Gasteiger partial charge in [-0.1, -0.05) is 30.3 Å². The average molecular weight is 272 g/mol. The second-order valence-electron chi connectivity index (χ2n) is 4.58. The molecule has 0 bridgehead atoms. The summed E-state index contributed by atoms with van der Waals surface area (Å²) >= 11 is 0. The highest BCUT2D eigenvalue weighted by Gasteiger charge is 2.26. The Labute approximate surface area is 117 Å². The van der Waals surface area contributed by atoms with Gasteiger partial charge in [-0.15, -0.1) is 0 Å². The number of ether oxygens (including phenoxy) is 1. The van der Waals surface area contributed by atoms with Gasteiger partial charge in [0.2, 0.25) is 6.10 Å². The van der Waals surface area contributed by atoms with Gasteiger partial charge in [0.15, 0.2) is 0 Å². The molecule has 1 aromatic carbocycles. The van der Waals surface area contributed by atoms with Crippen molar-refractivity contribution >= 4 is 11.9 Å². The van der Waals surface area contributed by atoms with Crippen molar-refractivity contribution in [3.05, 3.63) is 53.3 Å². The smallest absolute Gasteiger partial charge is 0.303 e. The molecule has 5 heteroatoms. The first-order valence-corrected chi connectivity index (χ1v) is 6.28. The molecule has 0 unspecified atom stereocenters. The number of benzene rings is 1. The predicted molar refractivity (Wildman–Crippen MR) is 73.3 cm³/mol. The first-order chi connectivity index (χ1) is 9.49. The molecule has 2 rings (SSSR count). The second kappa shape index (κ2) is 5.69. The Kier molecular flexibility index (Phi) is 3.98. The monoisotopic (exact) mass is 272 g/mol. The van der Waals surface area contributed by atoms with Gasteiger partial charge in [-0.25, -0.2) is 4.68 Å². The van der Waals surface area contributed by atoms with E-state index in [1.54, 1.807) is 44.2 Å². The molecule has 20 heavy (non-hydrogen) atoms. The number of carbonyl (C=O) groups is 2. The van der Waals surface area contributed by atoms with Crippen molar-refractivity contribution in [1.29, 1.82) is 0 Å². The lowest BCUT2D eigenvalue weighted by molar-refractivity contribution is -0.144. The highest BCUT2D eigenvalue weighted by Crippen LogP contribution is 2.20. The van der Waals surface area contributed by atoms with Crippen LogP contribution in [0.3, 0.4) is 0 Å². The summed E-state index contributed by atoms with van der Waals surface area (Å²) in [5, 5.41) is 4.14. The Morgan fingerprint density at radius 1 is 1.20 bits per heavy atom. The van der Waals surface area contributed by atoms with Crippen LogP contribution in [0.1, 0.15) is 34.8 Å². The van der Waals surface area contributed by atoms with E-state index >= 15 is 0 Å². The van der Waals surface area contributed by atoms with Crippen LogP contribution in [0.4, 0.5) is 0 Å². The highest BCUT2D eigenvalue weighted by atomic mass is 16.5. The van der Waals surface area contributed by atoms with Gasteiger partial charge >= 0.3 is 5.97 Å². The van der Waals surface area contributed by atoms with Crippen LogP contribution < -0.4 is 0 Å². The largest absolute Gasteiger partial charge is 0.447 e. The number of aryl methyl sites for hydroxylation is 2. The highest BCUT2D eigenvalue weighted by molar-refractivity contribution is 5.86. The van der Waals surface area contributed by atoms with Crippen molar-refractivity contribution in [2.45, 2.75) is 26.9 Å². The van der Waals surface area contributed by atoms with Crippen molar-refractivity contribution in [1.82, 2.24) is 9.78 Å². The molecule has 2 aromatic rings. The van der Waals surface area contributed by atoms with Crippen molar-refractivity contribution in [2.24, 2.45) is 0 Å². The van der Waals surface area contributed by atoms with Crippen LogP contribution in [0.15, 0.2) is 36.4 Å². The lowest BCUT2D eigenvalue weighted by Gasteiger charge is -2.16. The summed E-state index contributed by atoms with van der Waals surface area (Å²) in [7, 11) is 0. The average Bonchev–Trinajstić information content (AvgIpc) is 2.75. The normalized spacial score (nSPS) is 11.9. The summed E-state index contributed by atoms with van der Waals surface area (Å²) in [5.74, 6) is -0.884. The molecule has 0 saturated carbocycles. The van der Waals surface area contributed by atoms with Gasteiger partial charge in [-0.05, 0) is 19.9 Å². The van der Waals surface area contributed by atoms with E-state index in [-0.39, 0.29) is 5.91 Å². The quantitative estimate of drug-likeness (QED) is 0.805. The van der Waals surface area contributed by atoms with E-state index in [0.717, 1.165) is 5.69 Å². The minimum atomic E-state index is -0.980. The Morgan fingerprint density at radius 3 is 2.35 bits per heavy atom. The molecular formula is C15H16N2O3. The molecule has 104 valence electrons. The summed E-state index contributed by atoms with van der Waals surface area (Å²) < 4.78 is 6.44. The molecule has 1 atom stereocenters. The van der Waals surface area contributed by atoms with Crippen molar-refractivity contribution in [3.8, 4) is 0 Å². The minimum Gasteiger partial charge on any atom is -0.447 e. The molecule has 0 radical (unpaired) electrons. The molecule has 5 nitrogen and oxygen atoms in total. The molecule has 0 fully saturated rings. The van der Waals surface area contributed by atoms with Crippen molar-refractivity contribution < 1.29 is 14.3 Å². The number of hydrogen-bond acceptors (Lipinski definition) is 4. The molecule has 0 spiro atoms. The van der Waals surface area contributed by atoms with Gasteiger partial charge in [0.25, 0.3) is 5.91 Å². The fourth-order valence-corrected chi connectivity index (χ4v) is 2.02. The number of rotatable bonds is 3. The maximum Gasteiger partial charge on any atom is 0.303 e. The topological polar surface area (TPSA) is 61.2 Å². The van der Waals surface area contributed by atoms with Gasteiger partial charge in [0, 0.05) is 18.2 Å². The Morgan fingerprint density at radius 2 is 1.85 bits per heavy atom. The maximum absolute atomic E-state index is 12.5. The van der Waals surface area contributed by atoms with Crippen molar-refractivity contribution in [2.75, 3.05) is 0 Å². The van der Waals surface area contributed by atoms with E-state index in [0.29, 0.717) is 11.3 Å². The molecule has 0 aliphatic rings. The standard InChI is InChI=1S/C15H16N2O3/c1-10-9-11(2)17(16-10)15(19)14(20-12(3)18)13-7-5-4-6-8-13/h4-9,14H,1-3H3/t14-/m1/s1. The molecular weight excluding hydrogens is 256 g/mol. The van der Waals surface area contributed by atoms with Gasteiger partial charge in [0.1, 0.15) is 0 Å². The van der Waals surface area contributed by atoms with E-state index in [9.17, 15) is 9.59 Å². The summed E-state index contributed by atoms with van der Waals surface area (Å²) in [6.45, 7) is 4.87. The van der Waals surface area contributed by atoms with E-state index in [2.05, 4.69) is 5.10 Å². The lowest BCUT2D eigenvalue weighted by Crippen LogP contribution is -2.26. The number of aromatic nitrogens is 2. The number of esters is 1. The molecule has 0 saturated heterocycles. The molecule has 1 aromatic heterocycles. The lowest BCUT2D eigenvalue weighted by atomic mass is 10.1. The van der Waals surface area contributed by atoms with E-state index in [4.69, 9.17) is 4.74 Å². The molecule has 1 heterocycles. The summed E-state index contributed by atoms with van der Waals surface area (Å²) in [4.78, 5) is 23.8. The Bertz CT molecular complexity index is 632. The van der Waals surface area contributed by atoms with Gasteiger partial charge in [-0.2, -0.15) is 5.10 Å². The van der Waals surface area contributed by atoms with Crippen molar-refractivity contribution in [3.63, 3.8) is 0 Å². The van der Waals surface area contributed by atoms with Gasteiger partial charge < -0.3 is 4.74 Å². The van der Waals surface area contributed by atoms with Gasteiger partial charge in [-0.3, -0.25) is 9.59 Å². The minimum absolute atomic E-state index is 0.378. The van der Waals surface area contributed by atoms with E-state index in [1.165, 1.54) is 11.6 Å². The van der Waals surface area contributed by atoms with Crippen LogP contribution in [0.2, 0.25) is 0 Å². The fraction of sp³-hybridized carbons (Fsp3) is 0.267. The van der Waals surface area contributed by atoms with E-state index in [1.807, 2.05) is 6.07 Å². The number of hydrogen-bond donors (Lipinski definition) is 0. The van der Waals surface area contributed by atoms with Crippen LogP contribution in [0.25, 0.3) is 0 Å². The van der Waals surface area contributed by atoms with Gasteiger partial charge in [0.05, 0.1) is 5.69 Å². The second-order valence-corrected chi connectivity index (χ2v) is 4.58. The maximum atomic E-state index is 12.5. The predicted octanol–water partition coefficient (Wildman–Crippen LogP) is 2.44. The molecule has 0 aliphatic carbocycles. The Balaban J connectivity index is 2.39. The van der Waals surface area contributed by atoms with Crippen LogP contribution in [-0.4, -0.2) is 21.7 Å². The third-order valence-electron chi connectivity index (χ3n) is 2.83.